The second kappa shape index (κ2) is 6.51. The molecule has 0 heteroatoms. The molecule has 0 fully saturated rings. The normalized spacial score (nSPS) is 15.2. The van der Waals surface area contributed by atoms with Crippen LogP contribution in [0.15, 0.2) is 60.7 Å². The molecule has 0 radical (unpaired) electrons. The monoisotopic (exact) mass is 308 g/mol. The maximum atomic E-state index is 2.45. The topological polar surface area (TPSA) is 0 Å². The van der Waals surface area contributed by atoms with Gasteiger partial charge in [-0.1, -0.05) is 102 Å². The molecule has 0 N–H and O–H groups in total. The Morgan fingerprint density at radius 1 is 0.565 bits per heavy atom. The summed E-state index contributed by atoms with van der Waals surface area (Å²) in [4.78, 5) is 0. The van der Waals surface area contributed by atoms with E-state index in [1.165, 1.54) is 24.0 Å². The summed E-state index contributed by atoms with van der Waals surface area (Å²) in [6, 6.07) is 22.0. The largest absolute Gasteiger partial charge is 0.0622 e. The molecule has 0 saturated carbocycles. The maximum absolute atomic E-state index is 2.45. The molecule has 0 spiro atoms. The van der Waals surface area contributed by atoms with Crippen molar-refractivity contribution in [3.63, 3.8) is 0 Å². The summed E-state index contributed by atoms with van der Waals surface area (Å²) < 4.78 is 0. The standard InChI is InChI=1S/C23H32/c1-21(2,3)17-18-23(6,20-15-11-8-12-16-20)22(4,5)19-13-9-7-10-14-19/h7-16H,17-18H2,1-6H3/t23-/m1/s1. The lowest BCUT2D eigenvalue weighted by molar-refractivity contribution is 0.216. The first-order valence-corrected chi connectivity index (χ1v) is 8.78. The van der Waals surface area contributed by atoms with Crippen LogP contribution in [0.2, 0.25) is 0 Å². The quantitative estimate of drug-likeness (QED) is 0.573. The molecule has 2 aromatic carbocycles. The van der Waals surface area contributed by atoms with Crippen LogP contribution >= 0.6 is 0 Å². The van der Waals surface area contributed by atoms with Crippen LogP contribution in [-0.4, -0.2) is 0 Å². The van der Waals surface area contributed by atoms with E-state index in [2.05, 4.69) is 102 Å². The van der Waals surface area contributed by atoms with Gasteiger partial charge in [-0.05, 0) is 34.8 Å². The third-order valence-electron chi connectivity index (χ3n) is 5.66. The molecule has 2 aromatic rings. The van der Waals surface area contributed by atoms with Gasteiger partial charge in [0.15, 0.2) is 0 Å². The Balaban J connectivity index is 2.49. The van der Waals surface area contributed by atoms with Crippen LogP contribution in [0.3, 0.4) is 0 Å². The van der Waals surface area contributed by atoms with Crippen LogP contribution in [-0.2, 0) is 10.8 Å². The molecule has 0 bridgehead atoms. The van der Waals surface area contributed by atoms with Gasteiger partial charge in [0.25, 0.3) is 0 Å². The minimum atomic E-state index is 0.0703. The Bertz CT molecular complexity index is 601. The number of hydrogen-bond donors (Lipinski definition) is 0. The molecule has 0 saturated heterocycles. The molecule has 0 amide bonds. The lowest BCUT2D eigenvalue weighted by Crippen LogP contribution is -2.43. The second-order valence-corrected chi connectivity index (χ2v) is 8.75. The highest BCUT2D eigenvalue weighted by Crippen LogP contribution is 2.48. The molecule has 124 valence electrons. The Morgan fingerprint density at radius 2 is 1.00 bits per heavy atom. The fourth-order valence-corrected chi connectivity index (χ4v) is 3.42. The molecule has 0 nitrogen and oxygen atoms in total. The van der Waals surface area contributed by atoms with Crippen LogP contribution in [0.25, 0.3) is 0 Å². The zero-order valence-electron chi connectivity index (χ0n) is 15.7. The first-order valence-electron chi connectivity index (χ1n) is 8.78. The van der Waals surface area contributed by atoms with E-state index in [0.29, 0.717) is 5.41 Å². The Morgan fingerprint density at radius 3 is 1.43 bits per heavy atom. The minimum absolute atomic E-state index is 0.0703. The fraction of sp³-hybridized carbons (Fsp3) is 0.478. The van der Waals surface area contributed by atoms with Crippen molar-refractivity contribution in [3.05, 3.63) is 71.8 Å². The molecule has 0 aliphatic heterocycles. The van der Waals surface area contributed by atoms with Gasteiger partial charge in [0.1, 0.15) is 0 Å². The summed E-state index contributed by atoms with van der Waals surface area (Å²) in [5.41, 5.74) is 3.38. The van der Waals surface area contributed by atoms with E-state index in [0.717, 1.165) is 0 Å². The minimum Gasteiger partial charge on any atom is -0.0622 e. The Hall–Kier alpha value is -1.56. The van der Waals surface area contributed by atoms with Crippen molar-refractivity contribution >= 4 is 0 Å². The zero-order valence-corrected chi connectivity index (χ0v) is 15.7. The van der Waals surface area contributed by atoms with E-state index in [-0.39, 0.29) is 10.8 Å². The molecular weight excluding hydrogens is 276 g/mol. The molecule has 1 atom stereocenters. The van der Waals surface area contributed by atoms with Crippen molar-refractivity contribution in [2.75, 3.05) is 0 Å². The van der Waals surface area contributed by atoms with Crippen molar-refractivity contribution in [2.24, 2.45) is 5.41 Å². The zero-order chi connectivity index (χ0) is 17.1. The van der Waals surface area contributed by atoms with E-state index < -0.39 is 0 Å². The van der Waals surface area contributed by atoms with Gasteiger partial charge in [-0.25, -0.2) is 0 Å². The van der Waals surface area contributed by atoms with Crippen LogP contribution in [0, 0.1) is 5.41 Å². The third kappa shape index (κ3) is 3.86. The Labute approximate surface area is 143 Å². The van der Waals surface area contributed by atoms with Gasteiger partial charge in [0.05, 0.1) is 0 Å². The first-order chi connectivity index (χ1) is 10.7. The van der Waals surface area contributed by atoms with Crippen LogP contribution in [0.5, 0.6) is 0 Å². The average Bonchev–Trinajstić information content (AvgIpc) is 2.53. The van der Waals surface area contributed by atoms with E-state index in [1.807, 2.05) is 0 Å². The SMILES string of the molecule is CC(C)(C)CC[C@](C)(c1ccccc1)C(C)(C)c1ccccc1. The second-order valence-electron chi connectivity index (χ2n) is 8.75. The van der Waals surface area contributed by atoms with Crippen molar-refractivity contribution in [2.45, 2.75) is 65.2 Å². The van der Waals surface area contributed by atoms with E-state index >= 15 is 0 Å². The highest BCUT2D eigenvalue weighted by molar-refractivity contribution is 5.37. The molecule has 0 heterocycles. The summed E-state index contributed by atoms with van der Waals surface area (Å²) in [6.07, 6.45) is 2.40. The summed E-state index contributed by atoms with van der Waals surface area (Å²) >= 11 is 0. The van der Waals surface area contributed by atoms with Crippen molar-refractivity contribution < 1.29 is 0 Å². The smallest absolute Gasteiger partial charge is 0.00164 e. The van der Waals surface area contributed by atoms with Crippen LogP contribution < -0.4 is 0 Å². The fourth-order valence-electron chi connectivity index (χ4n) is 3.42. The van der Waals surface area contributed by atoms with Crippen molar-refractivity contribution in [1.82, 2.24) is 0 Å². The first kappa shape index (κ1) is 17.8. The van der Waals surface area contributed by atoms with Crippen LogP contribution in [0.1, 0.15) is 65.5 Å². The van der Waals surface area contributed by atoms with E-state index in [9.17, 15) is 0 Å². The predicted octanol–water partition coefficient (Wildman–Crippen LogP) is 6.75. The van der Waals surface area contributed by atoms with Gasteiger partial charge in [-0.3, -0.25) is 0 Å². The van der Waals surface area contributed by atoms with Crippen LogP contribution in [0.4, 0.5) is 0 Å². The number of benzene rings is 2. The third-order valence-corrected chi connectivity index (χ3v) is 5.66. The lowest BCUT2D eigenvalue weighted by atomic mass is 9.57. The lowest BCUT2D eigenvalue weighted by Gasteiger charge is -2.47. The molecule has 0 aliphatic carbocycles. The van der Waals surface area contributed by atoms with Gasteiger partial charge in [-0.2, -0.15) is 0 Å². The van der Waals surface area contributed by atoms with Gasteiger partial charge in [0.2, 0.25) is 0 Å². The van der Waals surface area contributed by atoms with Crippen molar-refractivity contribution in [3.8, 4) is 0 Å². The van der Waals surface area contributed by atoms with Gasteiger partial charge in [-0.15, -0.1) is 0 Å². The summed E-state index contributed by atoms with van der Waals surface area (Å²) in [7, 11) is 0. The molecule has 2 rings (SSSR count). The highest BCUT2D eigenvalue weighted by Gasteiger charge is 2.43. The molecule has 23 heavy (non-hydrogen) atoms. The van der Waals surface area contributed by atoms with Gasteiger partial charge in [0, 0.05) is 5.41 Å². The summed E-state index contributed by atoms with van der Waals surface area (Å²) in [6.45, 7) is 14.3. The molecule has 0 unspecified atom stereocenters. The Kier molecular flexibility index (Phi) is 5.04. The van der Waals surface area contributed by atoms with Gasteiger partial charge >= 0.3 is 0 Å². The maximum Gasteiger partial charge on any atom is 0.00164 e. The average molecular weight is 309 g/mol. The van der Waals surface area contributed by atoms with E-state index in [4.69, 9.17) is 0 Å². The molecule has 0 aliphatic rings. The molecular formula is C23H32. The van der Waals surface area contributed by atoms with Crippen molar-refractivity contribution in [1.29, 1.82) is 0 Å². The predicted molar refractivity (Wildman–Crippen MR) is 102 cm³/mol. The summed E-state index contributed by atoms with van der Waals surface area (Å²) in [5.74, 6) is 0. The highest BCUT2D eigenvalue weighted by atomic mass is 14.5. The van der Waals surface area contributed by atoms with Gasteiger partial charge < -0.3 is 0 Å². The van der Waals surface area contributed by atoms with E-state index in [1.54, 1.807) is 0 Å². The number of rotatable bonds is 5. The molecule has 0 aromatic heterocycles. The summed E-state index contributed by atoms with van der Waals surface area (Å²) in [5, 5.41) is 0. The number of hydrogen-bond acceptors (Lipinski definition) is 0.